The molecule has 8 heteroatoms. The lowest BCUT2D eigenvalue weighted by Crippen LogP contribution is -2.44. The van der Waals surface area contributed by atoms with E-state index >= 15 is 0 Å². The third-order valence-electron chi connectivity index (χ3n) is 4.52. The fraction of sp³-hybridized carbons (Fsp3) is 0.235. The summed E-state index contributed by atoms with van der Waals surface area (Å²) in [5.74, 6) is -0.0935. The van der Waals surface area contributed by atoms with Crippen molar-refractivity contribution in [2.75, 3.05) is 16.8 Å². The van der Waals surface area contributed by atoms with Gasteiger partial charge in [0.15, 0.2) is 0 Å². The Kier molecular flexibility index (Phi) is 4.05. The van der Waals surface area contributed by atoms with Crippen LogP contribution in [0.2, 0.25) is 0 Å². The minimum absolute atomic E-state index is 0.0935. The van der Waals surface area contributed by atoms with Gasteiger partial charge in [0, 0.05) is 17.1 Å². The van der Waals surface area contributed by atoms with Crippen molar-refractivity contribution in [3.05, 3.63) is 53.0 Å². The van der Waals surface area contributed by atoms with E-state index in [4.69, 9.17) is 0 Å². The van der Waals surface area contributed by atoms with Gasteiger partial charge in [0.2, 0.25) is 15.9 Å². The molecule has 4 rings (SSSR count). The third-order valence-corrected chi connectivity index (χ3v) is 6.59. The number of carbonyl (C=O) groups excluding carboxylic acids is 1. The first kappa shape index (κ1) is 16.6. The molecule has 1 saturated heterocycles. The summed E-state index contributed by atoms with van der Waals surface area (Å²) >= 11 is 3.30. The van der Waals surface area contributed by atoms with E-state index < -0.39 is 10.0 Å². The molecule has 0 saturated carbocycles. The Hall–Kier alpha value is -1.90. The number of nitrogens with one attached hydrogen (secondary N) is 2. The van der Waals surface area contributed by atoms with E-state index in [-0.39, 0.29) is 22.9 Å². The normalized spacial score (nSPS) is 22.3. The Morgan fingerprint density at radius 3 is 2.60 bits per heavy atom. The number of sulfonamides is 1. The summed E-state index contributed by atoms with van der Waals surface area (Å²) in [6, 6.07) is 13.4. The molecular weight excluding hydrogens is 406 g/mol. The maximum absolute atomic E-state index is 12.6. The summed E-state index contributed by atoms with van der Waals surface area (Å²) in [5.41, 5.74) is 1.69. The molecular formula is C17H16BrN3O3S. The van der Waals surface area contributed by atoms with Crippen molar-refractivity contribution >= 4 is 43.2 Å². The van der Waals surface area contributed by atoms with Crippen molar-refractivity contribution in [2.24, 2.45) is 0 Å². The van der Waals surface area contributed by atoms with Gasteiger partial charge in [-0.1, -0.05) is 28.1 Å². The van der Waals surface area contributed by atoms with Crippen molar-refractivity contribution in [3.63, 3.8) is 0 Å². The van der Waals surface area contributed by atoms with E-state index in [0.29, 0.717) is 13.0 Å². The Labute approximate surface area is 154 Å². The van der Waals surface area contributed by atoms with Crippen LogP contribution in [0.3, 0.4) is 0 Å². The van der Waals surface area contributed by atoms with Crippen LogP contribution in [0.4, 0.5) is 11.4 Å². The predicted octanol–water partition coefficient (Wildman–Crippen LogP) is 2.33. The maximum Gasteiger partial charge on any atom is 0.247 e. The first-order valence-corrected chi connectivity index (χ1v) is 10.2. The zero-order chi connectivity index (χ0) is 17.6. The number of amides is 1. The molecule has 1 fully saturated rings. The SMILES string of the molecule is O=C1Nc2ccccc2N2CC(NS(=O)(=O)c3ccc(Br)cc3)CC12. The number of nitrogens with zero attached hydrogens (tertiary/aromatic N) is 1. The van der Waals surface area contributed by atoms with Crippen molar-refractivity contribution in [1.29, 1.82) is 0 Å². The first-order chi connectivity index (χ1) is 11.9. The molecule has 2 aliphatic rings. The van der Waals surface area contributed by atoms with E-state index in [2.05, 4.69) is 26.0 Å². The zero-order valence-corrected chi connectivity index (χ0v) is 15.5. The number of halogens is 1. The van der Waals surface area contributed by atoms with Gasteiger partial charge in [0.1, 0.15) is 6.04 Å². The lowest BCUT2D eigenvalue weighted by molar-refractivity contribution is -0.117. The van der Waals surface area contributed by atoms with Gasteiger partial charge in [0.25, 0.3) is 0 Å². The number of para-hydroxylation sites is 2. The van der Waals surface area contributed by atoms with Gasteiger partial charge in [-0.3, -0.25) is 4.79 Å². The third kappa shape index (κ3) is 3.05. The van der Waals surface area contributed by atoms with Gasteiger partial charge in [-0.15, -0.1) is 0 Å². The predicted molar refractivity (Wildman–Crippen MR) is 99.1 cm³/mol. The van der Waals surface area contributed by atoms with E-state index in [1.165, 1.54) is 0 Å². The highest BCUT2D eigenvalue weighted by atomic mass is 79.9. The molecule has 25 heavy (non-hydrogen) atoms. The van der Waals surface area contributed by atoms with Crippen LogP contribution in [0.1, 0.15) is 6.42 Å². The van der Waals surface area contributed by atoms with E-state index in [1.807, 2.05) is 29.2 Å². The number of benzene rings is 2. The molecule has 2 heterocycles. The molecule has 2 aliphatic heterocycles. The molecule has 1 amide bonds. The number of anilines is 2. The molecule has 2 N–H and O–H groups in total. The maximum atomic E-state index is 12.6. The van der Waals surface area contributed by atoms with Gasteiger partial charge >= 0.3 is 0 Å². The molecule has 2 unspecified atom stereocenters. The van der Waals surface area contributed by atoms with Crippen LogP contribution in [0.25, 0.3) is 0 Å². The summed E-state index contributed by atoms with van der Waals surface area (Å²) in [7, 11) is -3.63. The topological polar surface area (TPSA) is 78.5 Å². The molecule has 0 bridgehead atoms. The average molecular weight is 422 g/mol. The summed E-state index contributed by atoms with van der Waals surface area (Å²) in [4.78, 5) is 14.5. The van der Waals surface area contributed by atoms with E-state index in [9.17, 15) is 13.2 Å². The second-order valence-electron chi connectivity index (χ2n) is 6.18. The van der Waals surface area contributed by atoms with Crippen molar-refractivity contribution in [3.8, 4) is 0 Å². The van der Waals surface area contributed by atoms with Gasteiger partial charge in [-0.05, 0) is 42.8 Å². The van der Waals surface area contributed by atoms with E-state index in [0.717, 1.165) is 15.8 Å². The monoisotopic (exact) mass is 421 g/mol. The first-order valence-electron chi connectivity index (χ1n) is 7.88. The quantitative estimate of drug-likeness (QED) is 0.796. The van der Waals surface area contributed by atoms with Crippen LogP contribution in [0.15, 0.2) is 57.9 Å². The number of hydrogen-bond acceptors (Lipinski definition) is 4. The highest BCUT2D eigenvalue weighted by molar-refractivity contribution is 9.10. The summed E-state index contributed by atoms with van der Waals surface area (Å²) < 4.78 is 28.7. The molecule has 0 spiro atoms. The molecule has 0 aromatic heterocycles. The fourth-order valence-electron chi connectivity index (χ4n) is 3.38. The van der Waals surface area contributed by atoms with Crippen LogP contribution in [0.5, 0.6) is 0 Å². The van der Waals surface area contributed by atoms with Crippen LogP contribution < -0.4 is 14.9 Å². The zero-order valence-electron chi connectivity index (χ0n) is 13.1. The standard InChI is InChI=1S/C17H16BrN3O3S/c18-11-5-7-13(8-6-11)25(23,24)20-12-9-16-17(22)19-14-3-1-2-4-15(14)21(16)10-12/h1-8,12,16,20H,9-10H2,(H,19,22). The largest absolute Gasteiger partial charge is 0.356 e. The van der Waals surface area contributed by atoms with Crippen molar-refractivity contribution < 1.29 is 13.2 Å². The van der Waals surface area contributed by atoms with Crippen LogP contribution in [-0.2, 0) is 14.8 Å². The van der Waals surface area contributed by atoms with Crippen molar-refractivity contribution in [2.45, 2.75) is 23.4 Å². The molecule has 2 aromatic carbocycles. The second kappa shape index (κ2) is 6.12. The number of carbonyl (C=O) groups is 1. The lowest BCUT2D eigenvalue weighted by atomic mass is 10.1. The molecule has 0 aliphatic carbocycles. The molecule has 2 atom stereocenters. The lowest BCUT2D eigenvalue weighted by Gasteiger charge is -2.32. The van der Waals surface area contributed by atoms with Crippen molar-refractivity contribution in [1.82, 2.24) is 4.72 Å². The summed E-state index contributed by atoms with van der Waals surface area (Å²) in [6.07, 6.45) is 0.440. The van der Waals surface area contributed by atoms with Gasteiger partial charge in [-0.25, -0.2) is 13.1 Å². The van der Waals surface area contributed by atoms with Gasteiger partial charge in [0.05, 0.1) is 16.3 Å². The van der Waals surface area contributed by atoms with Gasteiger partial charge < -0.3 is 10.2 Å². The highest BCUT2D eigenvalue weighted by Gasteiger charge is 2.42. The van der Waals surface area contributed by atoms with E-state index in [1.54, 1.807) is 24.3 Å². The Bertz CT molecular complexity index is 930. The Morgan fingerprint density at radius 1 is 1.12 bits per heavy atom. The minimum atomic E-state index is -3.63. The summed E-state index contributed by atoms with van der Waals surface area (Å²) in [5, 5.41) is 2.89. The smallest absolute Gasteiger partial charge is 0.247 e. The molecule has 0 radical (unpaired) electrons. The Balaban J connectivity index is 1.57. The number of fused-ring (bicyclic) bond motifs is 3. The fourth-order valence-corrected chi connectivity index (χ4v) is 4.89. The van der Waals surface area contributed by atoms with Crippen LogP contribution in [0, 0.1) is 0 Å². The van der Waals surface area contributed by atoms with Gasteiger partial charge in [-0.2, -0.15) is 0 Å². The number of rotatable bonds is 3. The minimum Gasteiger partial charge on any atom is -0.356 e. The highest BCUT2D eigenvalue weighted by Crippen LogP contribution is 2.36. The van der Waals surface area contributed by atoms with Crippen LogP contribution >= 0.6 is 15.9 Å². The molecule has 2 aromatic rings. The molecule has 130 valence electrons. The van der Waals surface area contributed by atoms with Crippen LogP contribution in [-0.4, -0.2) is 33.0 Å². The Morgan fingerprint density at radius 2 is 1.84 bits per heavy atom. The average Bonchev–Trinajstić information content (AvgIpc) is 2.99. The second-order valence-corrected chi connectivity index (χ2v) is 8.81. The molecule has 6 nitrogen and oxygen atoms in total. The summed E-state index contributed by atoms with van der Waals surface area (Å²) in [6.45, 7) is 0.463. The number of hydrogen-bond donors (Lipinski definition) is 2.